The number of benzene rings is 4. The van der Waals surface area contributed by atoms with Gasteiger partial charge < -0.3 is 9.47 Å². The van der Waals surface area contributed by atoms with Gasteiger partial charge in [0.1, 0.15) is 11.5 Å². The number of nitrogens with one attached hydrogen (secondary N) is 2. The van der Waals surface area contributed by atoms with E-state index in [4.69, 9.17) is 9.47 Å². The Morgan fingerprint density at radius 2 is 1.14 bits per heavy atom. The maximum atomic E-state index is 12.2. The fourth-order valence-electron chi connectivity index (χ4n) is 3.37. The van der Waals surface area contributed by atoms with Gasteiger partial charge in [0.25, 0.3) is 11.8 Å². The fourth-order valence-corrected chi connectivity index (χ4v) is 3.87. The van der Waals surface area contributed by atoms with E-state index in [1.807, 2.05) is 91.0 Å². The zero-order valence-corrected chi connectivity index (χ0v) is 20.3. The first-order valence-corrected chi connectivity index (χ1v) is 11.7. The van der Waals surface area contributed by atoms with Crippen LogP contribution in [-0.4, -0.2) is 25.0 Å². The summed E-state index contributed by atoms with van der Waals surface area (Å²) in [7, 11) is 0. The van der Waals surface area contributed by atoms with Crippen LogP contribution in [0.4, 0.5) is 0 Å². The van der Waals surface area contributed by atoms with E-state index in [2.05, 4.69) is 26.8 Å². The third kappa shape index (κ3) is 6.71. The van der Waals surface area contributed by atoms with Crippen molar-refractivity contribution in [3.8, 4) is 33.8 Å². The number of hydrogen-bond donors (Lipinski definition) is 2. The van der Waals surface area contributed by atoms with E-state index in [1.54, 1.807) is 12.1 Å². The molecule has 0 aromatic heterocycles. The number of amides is 2. The molecule has 0 aliphatic heterocycles. The molecule has 0 aliphatic rings. The highest BCUT2D eigenvalue weighted by Crippen LogP contribution is 2.31. The molecule has 0 saturated carbocycles. The van der Waals surface area contributed by atoms with Gasteiger partial charge in [-0.05, 0) is 50.8 Å². The van der Waals surface area contributed by atoms with Crippen LogP contribution in [0.1, 0.15) is 0 Å². The van der Waals surface area contributed by atoms with Gasteiger partial charge in [-0.3, -0.25) is 20.4 Å². The summed E-state index contributed by atoms with van der Waals surface area (Å²) in [6, 6.07) is 32.8. The van der Waals surface area contributed by atoms with Gasteiger partial charge >= 0.3 is 0 Å². The molecule has 2 amide bonds. The van der Waals surface area contributed by atoms with Crippen molar-refractivity contribution in [1.82, 2.24) is 10.9 Å². The number of rotatable bonds is 8. The molecule has 0 fully saturated rings. The standard InChI is InChI=1S/C28H23BrN2O4/c29-24-17-22(20-9-3-1-4-10-20)15-16-26(24)35-19-28(33)31-30-27(32)18-34-25-14-8-7-13-23(25)21-11-5-2-6-12-21/h1-17H,18-19H2,(H,30,32)(H,31,33). The lowest BCUT2D eigenvalue weighted by atomic mass is 10.1. The van der Waals surface area contributed by atoms with Crippen molar-refractivity contribution >= 4 is 27.7 Å². The summed E-state index contributed by atoms with van der Waals surface area (Å²) >= 11 is 3.48. The van der Waals surface area contributed by atoms with E-state index >= 15 is 0 Å². The van der Waals surface area contributed by atoms with Gasteiger partial charge in [-0.25, -0.2) is 0 Å². The summed E-state index contributed by atoms with van der Waals surface area (Å²) in [5.74, 6) is 0.107. The number of carbonyl (C=O) groups is 2. The van der Waals surface area contributed by atoms with Crippen molar-refractivity contribution in [2.24, 2.45) is 0 Å². The molecular weight excluding hydrogens is 508 g/mol. The van der Waals surface area contributed by atoms with E-state index in [0.717, 1.165) is 26.7 Å². The quantitative estimate of drug-likeness (QED) is 0.299. The Kier molecular flexibility index (Phi) is 8.14. The third-order valence-electron chi connectivity index (χ3n) is 5.07. The van der Waals surface area contributed by atoms with Crippen LogP contribution in [0.15, 0.2) is 108 Å². The molecule has 0 atom stereocenters. The molecule has 0 aliphatic carbocycles. The molecule has 0 radical (unpaired) electrons. The van der Waals surface area contributed by atoms with Gasteiger partial charge in [-0.2, -0.15) is 0 Å². The summed E-state index contributed by atoms with van der Waals surface area (Å²) in [4.78, 5) is 24.3. The molecule has 0 heterocycles. The minimum Gasteiger partial charge on any atom is -0.483 e. The van der Waals surface area contributed by atoms with E-state index < -0.39 is 11.8 Å². The molecule has 176 valence electrons. The first-order valence-electron chi connectivity index (χ1n) is 10.9. The molecule has 7 heteroatoms. The number of hydrazine groups is 1. The number of ether oxygens (including phenoxy) is 2. The lowest BCUT2D eigenvalue weighted by Crippen LogP contribution is -2.45. The lowest BCUT2D eigenvalue weighted by Gasteiger charge is -2.13. The zero-order valence-electron chi connectivity index (χ0n) is 18.7. The molecule has 0 bridgehead atoms. The maximum absolute atomic E-state index is 12.2. The monoisotopic (exact) mass is 530 g/mol. The van der Waals surface area contributed by atoms with E-state index in [-0.39, 0.29) is 13.2 Å². The van der Waals surface area contributed by atoms with Gasteiger partial charge in [-0.15, -0.1) is 0 Å². The van der Waals surface area contributed by atoms with Crippen molar-refractivity contribution in [3.05, 3.63) is 108 Å². The van der Waals surface area contributed by atoms with Crippen molar-refractivity contribution in [2.75, 3.05) is 13.2 Å². The normalized spacial score (nSPS) is 10.3. The lowest BCUT2D eigenvalue weighted by molar-refractivity contribution is -0.131. The first-order chi connectivity index (χ1) is 17.1. The van der Waals surface area contributed by atoms with Crippen LogP contribution in [0.25, 0.3) is 22.3 Å². The van der Waals surface area contributed by atoms with Gasteiger partial charge in [0.05, 0.1) is 4.47 Å². The van der Waals surface area contributed by atoms with Crippen LogP contribution >= 0.6 is 15.9 Å². The van der Waals surface area contributed by atoms with Crippen molar-refractivity contribution in [2.45, 2.75) is 0 Å². The van der Waals surface area contributed by atoms with Crippen LogP contribution in [0.2, 0.25) is 0 Å². The number of halogens is 1. The Hall–Kier alpha value is -4.10. The second-order valence-corrected chi connectivity index (χ2v) is 8.40. The van der Waals surface area contributed by atoms with Crippen LogP contribution in [-0.2, 0) is 9.59 Å². The highest BCUT2D eigenvalue weighted by molar-refractivity contribution is 9.10. The summed E-state index contributed by atoms with van der Waals surface area (Å²) < 4.78 is 12.0. The molecule has 4 rings (SSSR count). The van der Waals surface area contributed by atoms with Gasteiger partial charge in [-0.1, -0.05) is 84.9 Å². The summed E-state index contributed by atoms with van der Waals surface area (Å²) in [6.07, 6.45) is 0. The molecule has 6 nitrogen and oxygen atoms in total. The molecule has 4 aromatic rings. The SMILES string of the molecule is O=C(COc1ccc(-c2ccccc2)cc1Br)NNC(=O)COc1ccccc1-c1ccccc1. The Balaban J connectivity index is 1.24. The summed E-state index contributed by atoms with van der Waals surface area (Å²) in [5.41, 5.74) is 8.63. The Labute approximate surface area is 212 Å². The number of carbonyl (C=O) groups excluding carboxylic acids is 2. The minimum atomic E-state index is -0.498. The minimum absolute atomic E-state index is 0.252. The molecule has 35 heavy (non-hydrogen) atoms. The van der Waals surface area contributed by atoms with Gasteiger partial charge in [0.15, 0.2) is 13.2 Å². The first kappa shape index (κ1) is 24.0. The largest absolute Gasteiger partial charge is 0.483 e. The highest BCUT2D eigenvalue weighted by Gasteiger charge is 2.11. The number of hydrogen-bond acceptors (Lipinski definition) is 4. The third-order valence-corrected chi connectivity index (χ3v) is 5.69. The van der Waals surface area contributed by atoms with E-state index in [0.29, 0.717) is 11.5 Å². The smallest absolute Gasteiger partial charge is 0.276 e. The predicted octanol–water partition coefficient (Wildman–Crippen LogP) is 5.39. The summed E-state index contributed by atoms with van der Waals surface area (Å²) in [5, 5.41) is 0. The molecular formula is C28H23BrN2O4. The molecule has 2 N–H and O–H groups in total. The molecule has 0 spiro atoms. The fraction of sp³-hybridized carbons (Fsp3) is 0.0714. The molecule has 0 unspecified atom stereocenters. The Bertz CT molecular complexity index is 1300. The molecule has 4 aromatic carbocycles. The van der Waals surface area contributed by atoms with Gasteiger partial charge in [0, 0.05) is 5.56 Å². The summed E-state index contributed by atoms with van der Waals surface area (Å²) in [6.45, 7) is -0.515. The van der Waals surface area contributed by atoms with Crippen molar-refractivity contribution in [3.63, 3.8) is 0 Å². The second kappa shape index (κ2) is 11.9. The van der Waals surface area contributed by atoms with Gasteiger partial charge in [0.2, 0.25) is 0 Å². The predicted molar refractivity (Wildman–Crippen MR) is 139 cm³/mol. The van der Waals surface area contributed by atoms with Crippen LogP contribution < -0.4 is 20.3 Å². The molecule has 0 saturated heterocycles. The van der Waals surface area contributed by atoms with Crippen molar-refractivity contribution in [1.29, 1.82) is 0 Å². The van der Waals surface area contributed by atoms with Crippen LogP contribution in [0.3, 0.4) is 0 Å². The Morgan fingerprint density at radius 1 is 0.600 bits per heavy atom. The van der Waals surface area contributed by atoms with Crippen LogP contribution in [0, 0.1) is 0 Å². The highest BCUT2D eigenvalue weighted by atomic mass is 79.9. The maximum Gasteiger partial charge on any atom is 0.276 e. The topological polar surface area (TPSA) is 76.7 Å². The van der Waals surface area contributed by atoms with E-state index in [9.17, 15) is 9.59 Å². The number of para-hydroxylation sites is 1. The Morgan fingerprint density at radius 3 is 1.77 bits per heavy atom. The van der Waals surface area contributed by atoms with Crippen molar-refractivity contribution < 1.29 is 19.1 Å². The average Bonchev–Trinajstić information content (AvgIpc) is 2.91. The zero-order chi connectivity index (χ0) is 24.5. The van der Waals surface area contributed by atoms with Crippen LogP contribution in [0.5, 0.6) is 11.5 Å². The average molecular weight is 531 g/mol. The van der Waals surface area contributed by atoms with E-state index in [1.165, 1.54) is 0 Å². The second-order valence-electron chi connectivity index (χ2n) is 7.55.